The second-order valence-corrected chi connectivity index (χ2v) is 5.95. The van der Waals surface area contributed by atoms with Gasteiger partial charge in [0.05, 0.1) is 17.9 Å². The maximum absolute atomic E-state index is 12.3. The Morgan fingerprint density at radius 1 is 1.00 bits per heavy atom. The highest BCUT2D eigenvalue weighted by Gasteiger charge is 2.48. The number of hydrogen-bond acceptors (Lipinski definition) is 2. The highest BCUT2D eigenvalue weighted by molar-refractivity contribution is 5.89. The van der Waals surface area contributed by atoms with E-state index >= 15 is 0 Å². The van der Waals surface area contributed by atoms with Crippen molar-refractivity contribution in [2.24, 2.45) is 11.8 Å². The predicted molar refractivity (Wildman–Crippen MR) is 86.7 cm³/mol. The third-order valence-electron chi connectivity index (χ3n) is 4.25. The number of nitrogens with one attached hydrogen (secondary N) is 1. The first-order valence-corrected chi connectivity index (χ1v) is 7.77. The molecule has 3 atom stereocenters. The maximum Gasteiger partial charge on any atom is 0.307 e. The summed E-state index contributed by atoms with van der Waals surface area (Å²) < 4.78 is 0. The Hall–Kier alpha value is -2.62. The fourth-order valence-electron chi connectivity index (χ4n) is 2.82. The molecule has 0 aromatic heterocycles. The minimum atomic E-state index is -0.885. The van der Waals surface area contributed by atoms with Crippen LogP contribution in [0.15, 0.2) is 60.7 Å². The first-order chi connectivity index (χ1) is 11.1. The van der Waals surface area contributed by atoms with Crippen molar-refractivity contribution in [2.45, 2.75) is 18.9 Å². The van der Waals surface area contributed by atoms with Crippen LogP contribution in [-0.2, 0) is 16.0 Å². The van der Waals surface area contributed by atoms with Gasteiger partial charge in [-0.2, -0.15) is 0 Å². The molecule has 0 heterocycles. The van der Waals surface area contributed by atoms with Crippen LogP contribution in [0.2, 0.25) is 0 Å². The number of amides is 1. The first kappa shape index (κ1) is 15.3. The third-order valence-corrected chi connectivity index (χ3v) is 4.25. The average molecular weight is 309 g/mol. The molecular weight excluding hydrogens is 290 g/mol. The summed E-state index contributed by atoms with van der Waals surface area (Å²) in [5.41, 5.74) is 2.16. The molecule has 2 N–H and O–H groups in total. The average Bonchev–Trinajstić information content (AvgIpc) is 3.37. The van der Waals surface area contributed by atoms with E-state index in [-0.39, 0.29) is 11.9 Å². The molecule has 0 bridgehead atoms. The Labute approximate surface area is 135 Å². The third kappa shape index (κ3) is 3.77. The molecule has 1 amide bonds. The fraction of sp³-hybridized carbons (Fsp3) is 0.263. The summed E-state index contributed by atoms with van der Waals surface area (Å²) in [6, 6.07) is 19.6. The van der Waals surface area contributed by atoms with Crippen LogP contribution >= 0.6 is 0 Å². The zero-order valence-electron chi connectivity index (χ0n) is 12.7. The summed E-state index contributed by atoms with van der Waals surface area (Å²) in [4.78, 5) is 23.3. The molecule has 23 heavy (non-hydrogen) atoms. The monoisotopic (exact) mass is 309 g/mol. The van der Waals surface area contributed by atoms with Gasteiger partial charge in [0.1, 0.15) is 0 Å². The zero-order chi connectivity index (χ0) is 16.2. The molecule has 0 spiro atoms. The van der Waals surface area contributed by atoms with Crippen molar-refractivity contribution >= 4 is 11.9 Å². The van der Waals surface area contributed by atoms with E-state index in [2.05, 4.69) is 5.32 Å². The number of carbonyl (C=O) groups excluding carboxylic acids is 1. The predicted octanol–water partition coefficient (Wildman–Crippen LogP) is 2.81. The topological polar surface area (TPSA) is 66.4 Å². The van der Waals surface area contributed by atoms with Gasteiger partial charge in [-0.3, -0.25) is 9.59 Å². The molecular formula is C19H19NO3. The summed E-state index contributed by atoms with van der Waals surface area (Å²) in [7, 11) is 0. The minimum Gasteiger partial charge on any atom is -0.481 e. The normalized spacial score (nSPS) is 20.5. The number of carbonyl (C=O) groups is 2. The second-order valence-electron chi connectivity index (χ2n) is 5.95. The number of benzene rings is 2. The Kier molecular flexibility index (Phi) is 4.42. The Balaban J connectivity index is 1.73. The van der Waals surface area contributed by atoms with Gasteiger partial charge in [0.2, 0.25) is 5.91 Å². The van der Waals surface area contributed by atoms with Gasteiger partial charge in [0.25, 0.3) is 0 Å². The van der Waals surface area contributed by atoms with Crippen molar-refractivity contribution < 1.29 is 14.7 Å². The van der Waals surface area contributed by atoms with E-state index in [0.29, 0.717) is 12.8 Å². The SMILES string of the molecule is O=C(O)C1CC1C(=O)NC(Cc1ccccc1)c1ccccc1. The van der Waals surface area contributed by atoms with Gasteiger partial charge in [-0.25, -0.2) is 0 Å². The Bertz CT molecular complexity index is 684. The number of carboxylic acids is 1. The molecule has 2 aromatic rings. The molecule has 4 heteroatoms. The van der Waals surface area contributed by atoms with Crippen LogP contribution in [0.25, 0.3) is 0 Å². The van der Waals surface area contributed by atoms with Gasteiger partial charge in [-0.15, -0.1) is 0 Å². The van der Waals surface area contributed by atoms with E-state index in [1.165, 1.54) is 0 Å². The van der Waals surface area contributed by atoms with Gasteiger partial charge >= 0.3 is 5.97 Å². The van der Waals surface area contributed by atoms with Crippen LogP contribution < -0.4 is 5.32 Å². The van der Waals surface area contributed by atoms with Gasteiger partial charge in [0.15, 0.2) is 0 Å². The standard InChI is InChI=1S/C19H19NO3/c21-18(15-12-16(15)19(22)23)20-17(14-9-5-2-6-10-14)11-13-7-3-1-4-8-13/h1-10,15-17H,11-12H2,(H,20,21)(H,22,23). The second kappa shape index (κ2) is 6.65. The van der Waals surface area contributed by atoms with Crippen LogP contribution in [0.5, 0.6) is 0 Å². The largest absolute Gasteiger partial charge is 0.481 e. The summed E-state index contributed by atoms with van der Waals surface area (Å²) in [6.07, 6.45) is 1.12. The molecule has 1 fully saturated rings. The minimum absolute atomic E-state index is 0.152. The highest BCUT2D eigenvalue weighted by Crippen LogP contribution is 2.39. The van der Waals surface area contributed by atoms with E-state index in [9.17, 15) is 9.59 Å². The van der Waals surface area contributed by atoms with E-state index in [1.807, 2.05) is 60.7 Å². The van der Waals surface area contributed by atoms with Gasteiger partial charge in [0, 0.05) is 0 Å². The molecule has 0 saturated heterocycles. The lowest BCUT2D eigenvalue weighted by Gasteiger charge is -2.19. The molecule has 1 aliphatic rings. The van der Waals surface area contributed by atoms with Gasteiger partial charge in [-0.1, -0.05) is 60.7 Å². The quantitative estimate of drug-likeness (QED) is 0.862. The van der Waals surface area contributed by atoms with E-state index in [4.69, 9.17) is 5.11 Å². The summed E-state index contributed by atoms with van der Waals surface area (Å²) in [6.45, 7) is 0. The summed E-state index contributed by atoms with van der Waals surface area (Å²) in [5, 5.41) is 12.0. The maximum atomic E-state index is 12.3. The Morgan fingerprint density at radius 2 is 1.61 bits per heavy atom. The molecule has 118 valence electrons. The first-order valence-electron chi connectivity index (χ1n) is 7.77. The molecule has 0 radical (unpaired) electrons. The van der Waals surface area contributed by atoms with Crippen LogP contribution in [-0.4, -0.2) is 17.0 Å². The van der Waals surface area contributed by atoms with Crippen LogP contribution in [0.1, 0.15) is 23.6 Å². The van der Waals surface area contributed by atoms with Gasteiger partial charge < -0.3 is 10.4 Å². The van der Waals surface area contributed by atoms with Crippen molar-refractivity contribution in [3.8, 4) is 0 Å². The molecule has 4 nitrogen and oxygen atoms in total. The number of aliphatic carboxylic acids is 1. The summed E-state index contributed by atoms with van der Waals surface area (Å²) in [5.74, 6) is -1.97. The molecule has 3 rings (SSSR count). The number of hydrogen-bond donors (Lipinski definition) is 2. The van der Waals surface area contributed by atoms with Crippen LogP contribution in [0.3, 0.4) is 0 Å². The molecule has 0 aliphatic heterocycles. The lowest BCUT2D eigenvalue weighted by atomic mass is 9.98. The van der Waals surface area contributed by atoms with Crippen molar-refractivity contribution in [1.82, 2.24) is 5.32 Å². The lowest BCUT2D eigenvalue weighted by Crippen LogP contribution is -2.32. The molecule has 2 aromatic carbocycles. The molecule has 1 aliphatic carbocycles. The van der Waals surface area contributed by atoms with Crippen molar-refractivity contribution in [1.29, 1.82) is 0 Å². The fourth-order valence-corrected chi connectivity index (χ4v) is 2.82. The number of carboxylic acid groups (broad SMARTS) is 1. The van der Waals surface area contributed by atoms with Gasteiger partial charge in [-0.05, 0) is 24.0 Å². The number of rotatable bonds is 6. The van der Waals surface area contributed by atoms with Crippen molar-refractivity contribution in [3.63, 3.8) is 0 Å². The molecule has 1 saturated carbocycles. The Morgan fingerprint density at radius 3 is 2.17 bits per heavy atom. The van der Waals surface area contributed by atoms with E-state index < -0.39 is 17.8 Å². The highest BCUT2D eigenvalue weighted by atomic mass is 16.4. The molecule has 3 unspecified atom stereocenters. The van der Waals surface area contributed by atoms with Crippen molar-refractivity contribution in [3.05, 3.63) is 71.8 Å². The summed E-state index contributed by atoms with van der Waals surface area (Å²) >= 11 is 0. The van der Waals surface area contributed by atoms with Crippen molar-refractivity contribution in [2.75, 3.05) is 0 Å². The zero-order valence-corrected chi connectivity index (χ0v) is 12.7. The smallest absolute Gasteiger partial charge is 0.307 e. The van der Waals surface area contributed by atoms with E-state index in [0.717, 1.165) is 11.1 Å². The van der Waals surface area contributed by atoms with Crippen LogP contribution in [0.4, 0.5) is 0 Å². The van der Waals surface area contributed by atoms with Crippen LogP contribution in [0, 0.1) is 11.8 Å². The van der Waals surface area contributed by atoms with E-state index in [1.54, 1.807) is 0 Å². The lowest BCUT2D eigenvalue weighted by molar-refractivity contribution is -0.140.